The highest BCUT2D eigenvalue weighted by atomic mass is 16.5. The molecule has 19 heavy (non-hydrogen) atoms. The fourth-order valence-corrected chi connectivity index (χ4v) is 2.43. The number of nitrogens with one attached hydrogen (secondary N) is 2. The summed E-state index contributed by atoms with van der Waals surface area (Å²) in [5, 5.41) is 6.25. The van der Waals surface area contributed by atoms with Crippen molar-refractivity contribution in [3.05, 3.63) is 0 Å². The van der Waals surface area contributed by atoms with E-state index < -0.39 is 0 Å². The van der Waals surface area contributed by atoms with Crippen LogP contribution < -0.4 is 10.6 Å². The zero-order valence-corrected chi connectivity index (χ0v) is 12.7. The Hall–Kier alpha value is -0.650. The number of amides is 1. The predicted octanol–water partition coefficient (Wildman–Crippen LogP) is 0.600. The fourth-order valence-electron chi connectivity index (χ4n) is 2.43. The van der Waals surface area contributed by atoms with Gasteiger partial charge in [0.2, 0.25) is 5.91 Å². The molecular weight excluding hydrogens is 242 g/mol. The van der Waals surface area contributed by atoms with Crippen LogP contribution >= 0.6 is 0 Å². The summed E-state index contributed by atoms with van der Waals surface area (Å²) >= 11 is 0. The molecule has 1 saturated heterocycles. The minimum atomic E-state index is -0.0798. The standard InChI is InChI=1S/C14H29N3O2/c1-5-12(6-2)16-14(18)11(3)17-7-8-19-13(10-17)9-15-4/h11-13,15H,5-10H2,1-4H3,(H,16,18). The second-order valence-corrected chi connectivity index (χ2v) is 5.24. The molecule has 112 valence electrons. The Morgan fingerprint density at radius 3 is 2.68 bits per heavy atom. The van der Waals surface area contributed by atoms with Crippen molar-refractivity contribution in [1.29, 1.82) is 0 Å². The molecule has 5 heteroatoms. The maximum Gasteiger partial charge on any atom is 0.237 e. The van der Waals surface area contributed by atoms with Gasteiger partial charge in [-0.2, -0.15) is 0 Å². The Bertz CT molecular complexity index is 267. The first-order valence-corrected chi connectivity index (χ1v) is 7.42. The molecule has 5 nitrogen and oxygen atoms in total. The van der Waals surface area contributed by atoms with Gasteiger partial charge in [-0.3, -0.25) is 9.69 Å². The van der Waals surface area contributed by atoms with E-state index >= 15 is 0 Å². The zero-order chi connectivity index (χ0) is 14.3. The lowest BCUT2D eigenvalue weighted by molar-refractivity contribution is -0.129. The van der Waals surface area contributed by atoms with Gasteiger partial charge in [-0.25, -0.2) is 0 Å². The number of likely N-dealkylation sites (N-methyl/N-ethyl adjacent to an activating group) is 1. The third kappa shape index (κ3) is 5.09. The summed E-state index contributed by atoms with van der Waals surface area (Å²) in [5.74, 6) is 0.138. The molecule has 1 amide bonds. The van der Waals surface area contributed by atoms with E-state index in [1.54, 1.807) is 0 Å². The van der Waals surface area contributed by atoms with Gasteiger partial charge in [0.25, 0.3) is 0 Å². The Morgan fingerprint density at radius 2 is 2.11 bits per heavy atom. The summed E-state index contributed by atoms with van der Waals surface area (Å²) in [7, 11) is 1.92. The molecule has 1 aliphatic heterocycles. The van der Waals surface area contributed by atoms with Gasteiger partial charge in [-0.05, 0) is 26.8 Å². The second-order valence-electron chi connectivity index (χ2n) is 5.24. The molecule has 1 rings (SSSR count). The largest absolute Gasteiger partial charge is 0.374 e. The number of carbonyl (C=O) groups excluding carboxylic acids is 1. The van der Waals surface area contributed by atoms with E-state index in [1.807, 2.05) is 14.0 Å². The van der Waals surface area contributed by atoms with Crippen molar-refractivity contribution in [3.63, 3.8) is 0 Å². The summed E-state index contributed by atoms with van der Waals surface area (Å²) in [4.78, 5) is 14.4. The van der Waals surface area contributed by atoms with E-state index in [2.05, 4.69) is 29.4 Å². The van der Waals surface area contributed by atoms with E-state index in [-0.39, 0.29) is 18.1 Å². The Kier molecular flexibility index (Phi) is 7.34. The van der Waals surface area contributed by atoms with Crippen molar-refractivity contribution in [2.75, 3.05) is 33.3 Å². The van der Waals surface area contributed by atoms with E-state index in [4.69, 9.17) is 4.74 Å². The average Bonchev–Trinajstić information content (AvgIpc) is 2.44. The number of nitrogens with zero attached hydrogens (tertiary/aromatic N) is 1. The van der Waals surface area contributed by atoms with Crippen LogP contribution in [0.5, 0.6) is 0 Å². The minimum Gasteiger partial charge on any atom is -0.374 e. The summed E-state index contributed by atoms with van der Waals surface area (Å²) in [6.45, 7) is 9.38. The monoisotopic (exact) mass is 271 g/mol. The van der Waals surface area contributed by atoms with Crippen molar-refractivity contribution >= 4 is 5.91 Å². The van der Waals surface area contributed by atoms with E-state index in [0.29, 0.717) is 12.6 Å². The molecule has 0 aromatic rings. The predicted molar refractivity (Wildman–Crippen MR) is 77.2 cm³/mol. The molecule has 2 N–H and O–H groups in total. The number of hydrogen-bond donors (Lipinski definition) is 2. The molecule has 1 heterocycles. The molecule has 0 aliphatic carbocycles. The van der Waals surface area contributed by atoms with E-state index in [0.717, 1.165) is 32.5 Å². The SMILES string of the molecule is CCC(CC)NC(=O)C(C)N1CCOC(CNC)C1. The first-order valence-electron chi connectivity index (χ1n) is 7.42. The Balaban J connectivity index is 2.46. The van der Waals surface area contributed by atoms with Gasteiger partial charge in [0.05, 0.1) is 18.8 Å². The molecule has 2 atom stereocenters. The maximum atomic E-state index is 12.2. The maximum absolute atomic E-state index is 12.2. The summed E-state index contributed by atoms with van der Waals surface area (Å²) in [5.41, 5.74) is 0. The van der Waals surface area contributed by atoms with Crippen molar-refractivity contribution < 1.29 is 9.53 Å². The smallest absolute Gasteiger partial charge is 0.237 e. The van der Waals surface area contributed by atoms with Crippen LogP contribution in [0.4, 0.5) is 0 Å². The minimum absolute atomic E-state index is 0.0798. The zero-order valence-electron chi connectivity index (χ0n) is 12.7. The third-order valence-corrected chi connectivity index (χ3v) is 3.86. The number of carbonyl (C=O) groups is 1. The van der Waals surface area contributed by atoms with E-state index in [1.165, 1.54) is 0 Å². The summed E-state index contributed by atoms with van der Waals surface area (Å²) < 4.78 is 5.67. The second kappa shape index (κ2) is 8.51. The fraction of sp³-hybridized carbons (Fsp3) is 0.929. The normalized spacial score (nSPS) is 22.5. The average molecular weight is 271 g/mol. The van der Waals surface area contributed by atoms with Crippen LogP contribution in [0.25, 0.3) is 0 Å². The first kappa shape index (κ1) is 16.4. The van der Waals surface area contributed by atoms with Crippen molar-refractivity contribution in [2.45, 2.75) is 51.8 Å². The molecule has 1 aliphatic rings. The van der Waals surface area contributed by atoms with Gasteiger partial charge in [-0.1, -0.05) is 13.8 Å². The lowest BCUT2D eigenvalue weighted by atomic mass is 10.1. The molecule has 0 radical (unpaired) electrons. The van der Waals surface area contributed by atoms with Gasteiger partial charge in [-0.15, -0.1) is 0 Å². The highest BCUT2D eigenvalue weighted by molar-refractivity contribution is 5.81. The topological polar surface area (TPSA) is 53.6 Å². The number of ether oxygens (including phenoxy) is 1. The highest BCUT2D eigenvalue weighted by Crippen LogP contribution is 2.09. The summed E-state index contributed by atoms with van der Waals surface area (Å²) in [6.07, 6.45) is 2.16. The van der Waals surface area contributed by atoms with Crippen LogP contribution in [0.3, 0.4) is 0 Å². The number of rotatable bonds is 7. The third-order valence-electron chi connectivity index (χ3n) is 3.86. The number of hydrogen-bond acceptors (Lipinski definition) is 4. The lowest BCUT2D eigenvalue weighted by Crippen LogP contribution is -2.54. The Morgan fingerprint density at radius 1 is 1.42 bits per heavy atom. The van der Waals surface area contributed by atoms with Crippen LogP contribution in [-0.4, -0.2) is 62.3 Å². The van der Waals surface area contributed by atoms with Crippen LogP contribution in [-0.2, 0) is 9.53 Å². The first-order chi connectivity index (χ1) is 9.12. The van der Waals surface area contributed by atoms with Crippen molar-refractivity contribution in [3.8, 4) is 0 Å². The molecule has 0 aromatic heterocycles. The molecule has 0 aromatic carbocycles. The number of morpholine rings is 1. The van der Waals surface area contributed by atoms with Crippen LogP contribution in [0.1, 0.15) is 33.6 Å². The molecule has 2 unspecified atom stereocenters. The quantitative estimate of drug-likeness (QED) is 0.712. The highest BCUT2D eigenvalue weighted by Gasteiger charge is 2.28. The van der Waals surface area contributed by atoms with Crippen molar-refractivity contribution in [1.82, 2.24) is 15.5 Å². The van der Waals surface area contributed by atoms with Gasteiger partial charge in [0.1, 0.15) is 0 Å². The van der Waals surface area contributed by atoms with Crippen LogP contribution in [0, 0.1) is 0 Å². The molecule has 0 spiro atoms. The van der Waals surface area contributed by atoms with Gasteiger partial charge in [0.15, 0.2) is 0 Å². The van der Waals surface area contributed by atoms with E-state index in [9.17, 15) is 4.79 Å². The molecular formula is C14H29N3O2. The Labute approximate surface area is 117 Å². The van der Waals surface area contributed by atoms with Gasteiger partial charge in [0, 0.05) is 25.7 Å². The van der Waals surface area contributed by atoms with Crippen LogP contribution in [0.15, 0.2) is 0 Å². The summed E-state index contributed by atoms with van der Waals surface area (Å²) in [6, 6.07) is 0.216. The molecule has 1 fully saturated rings. The van der Waals surface area contributed by atoms with Crippen LogP contribution in [0.2, 0.25) is 0 Å². The van der Waals surface area contributed by atoms with Gasteiger partial charge < -0.3 is 15.4 Å². The van der Waals surface area contributed by atoms with Gasteiger partial charge >= 0.3 is 0 Å². The molecule has 0 saturated carbocycles. The molecule has 0 bridgehead atoms. The lowest BCUT2D eigenvalue weighted by Gasteiger charge is -2.36. The van der Waals surface area contributed by atoms with Crippen molar-refractivity contribution in [2.24, 2.45) is 0 Å².